The van der Waals surface area contributed by atoms with E-state index in [-0.39, 0.29) is 24.0 Å². The van der Waals surface area contributed by atoms with Gasteiger partial charge in [0.05, 0.1) is 17.1 Å². The van der Waals surface area contributed by atoms with Crippen LogP contribution in [0.3, 0.4) is 0 Å². The zero-order valence-electron chi connectivity index (χ0n) is 18.4. The lowest BCUT2D eigenvalue weighted by Gasteiger charge is -2.29. The van der Waals surface area contributed by atoms with Gasteiger partial charge < -0.3 is 9.26 Å². The molecule has 0 unspecified atom stereocenters. The summed E-state index contributed by atoms with van der Waals surface area (Å²) in [7, 11) is -3.72. The molecule has 32 heavy (non-hydrogen) atoms. The van der Waals surface area contributed by atoms with Crippen molar-refractivity contribution in [1.82, 2.24) is 14.9 Å². The highest BCUT2D eigenvalue weighted by molar-refractivity contribution is 7.89. The minimum atomic E-state index is -3.72. The van der Waals surface area contributed by atoms with Crippen molar-refractivity contribution < 1.29 is 22.5 Å². The van der Waals surface area contributed by atoms with Crippen LogP contribution < -0.4 is 14.4 Å². The Morgan fingerprint density at radius 2 is 2.09 bits per heavy atom. The van der Waals surface area contributed by atoms with Crippen LogP contribution in [0.1, 0.15) is 56.3 Å². The van der Waals surface area contributed by atoms with Crippen LogP contribution in [0.25, 0.3) is 0 Å². The molecule has 4 rings (SSSR count). The van der Waals surface area contributed by atoms with E-state index >= 15 is 0 Å². The summed E-state index contributed by atoms with van der Waals surface area (Å²) in [5.41, 5.74) is 2.33. The first-order chi connectivity index (χ1) is 15.4. The van der Waals surface area contributed by atoms with Crippen LogP contribution in [0.4, 0.5) is 5.69 Å². The van der Waals surface area contributed by atoms with Gasteiger partial charge in [-0.15, -0.1) is 0 Å². The molecular formula is C22H28N4O5S. The van der Waals surface area contributed by atoms with Crippen molar-refractivity contribution in [3.63, 3.8) is 0 Å². The molecule has 0 atom stereocenters. The number of rotatable bonds is 8. The molecule has 2 heterocycles. The van der Waals surface area contributed by atoms with Gasteiger partial charge in [-0.05, 0) is 50.7 Å². The van der Waals surface area contributed by atoms with Gasteiger partial charge in [0.2, 0.25) is 15.9 Å². The Bertz CT molecular complexity index is 1140. The van der Waals surface area contributed by atoms with Crippen molar-refractivity contribution >= 4 is 21.6 Å². The monoisotopic (exact) mass is 460 g/mol. The van der Waals surface area contributed by atoms with Gasteiger partial charge in [0.15, 0.2) is 12.4 Å². The second-order valence-corrected chi connectivity index (χ2v) is 9.80. The number of sulfonamides is 1. The van der Waals surface area contributed by atoms with Crippen molar-refractivity contribution in [2.75, 3.05) is 18.1 Å². The molecule has 0 fully saturated rings. The molecule has 1 N–H and O–H groups in total. The van der Waals surface area contributed by atoms with Gasteiger partial charge in [-0.2, -0.15) is 4.98 Å². The van der Waals surface area contributed by atoms with Gasteiger partial charge in [0, 0.05) is 19.0 Å². The van der Waals surface area contributed by atoms with Crippen molar-refractivity contribution in [2.24, 2.45) is 0 Å². The van der Waals surface area contributed by atoms with Crippen LogP contribution in [0.2, 0.25) is 0 Å². The smallest absolute Gasteiger partial charge is 0.265 e. The summed E-state index contributed by atoms with van der Waals surface area (Å²) >= 11 is 0. The summed E-state index contributed by atoms with van der Waals surface area (Å²) in [6.45, 7) is 3.90. The second kappa shape index (κ2) is 9.41. The predicted molar refractivity (Wildman–Crippen MR) is 118 cm³/mol. The van der Waals surface area contributed by atoms with Crippen LogP contribution in [0, 0.1) is 6.92 Å². The van der Waals surface area contributed by atoms with Gasteiger partial charge in [0.25, 0.3) is 5.91 Å². The van der Waals surface area contributed by atoms with Gasteiger partial charge in [0.1, 0.15) is 5.75 Å². The molecule has 0 bridgehead atoms. The number of carbonyl (C=O) groups excluding carboxylic acids is 1. The number of amides is 1. The molecule has 0 saturated carbocycles. The Morgan fingerprint density at radius 3 is 2.81 bits per heavy atom. The van der Waals surface area contributed by atoms with E-state index in [2.05, 4.69) is 20.9 Å². The molecule has 1 aromatic heterocycles. The minimum absolute atomic E-state index is 0.123. The third-order valence-corrected chi connectivity index (χ3v) is 7.33. The van der Waals surface area contributed by atoms with Gasteiger partial charge >= 0.3 is 0 Å². The molecule has 172 valence electrons. The molecule has 9 nitrogen and oxygen atoms in total. The molecule has 0 saturated heterocycles. The van der Waals surface area contributed by atoms with E-state index in [0.29, 0.717) is 48.1 Å². The number of fused-ring (bicyclic) bond motifs is 1. The highest BCUT2D eigenvalue weighted by Crippen LogP contribution is 2.37. The first-order valence-electron chi connectivity index (χ1n) is 10.9. The summed E-state index contributed by atoms with van der Waals surface area (Å²) in [5.74, 6) is 0.962. The summed E-state index contributed by atoms with van der Waals surface area (Å²) < 4.78 is 39.3. The molecular weight excluding hydrogens is 432 g/mol. The van der Waals surface area contributed by atoms with Crippen molar-refractivity contribution in [2.45, 2.75) is 63.8 Å². The maximum absolute atomic E-state index is 13.0. The quantitative estimate of drug-likeness (QED) is 0.602. The SMILES string of the molecule is CCc1nc(CN2C(=O)COc3cc(S(=O)(=O)NCCC4=CCCCC4)c(C)cc32)no1. The minimum Gasteiger partial charge on any atom is -0.482 e. The number of aryl methyl sites for hydroxylation is 2. The van der Waals surface area contributed by atoms with E-state index in [1.54, 1.807) is 13.0 Å². The van der Waals surface area contributed by atoms with Crippen LogP contribution in [-0.2, 0) is 27.8 Å². The number of ether oxygens (including phenoxy) is 1. The van der Waals surface area contributed by atoms with Crippen LogP contribution in [-0.4, -0.2) is 37.6 Å². The molecule has 10 heteroatoms. The van der Waals surface area contributed by atoms with Crippen LogP contribution >= 0.6 is 0 Å². The fourth-order valence-corrected chi connectivity index (χ4v) is 5.26. The topological polar surface area (TPSA) is 115 Å². The van der Waals surface area contributed by atoms with Gasteiger partial charge in [-0.3, -0.25) is 9.69 Å². The van der Waals surface area contributed by atoms with E-state index in [4.69, 9.17) is 9.26 Å². The average Bonchev–Trinajstić information content (AvgIpc) is 3.24. The maximum atomic E-state index is 13.0. The van der Waals surface area contributed by atoms with Crippen LogP contribution in [0.15, 0.2) is 33.2 Å². The third-order valence-electron chi connectivity index (χ3n) is 5.72. The number of hydrogen-bond donors (Lipinski definition) is 1. The number of aromatic nitrogens is 2. The Morgan fingerprint density at radius 1 is 1.25 bits per heavy atom. The zero-order valence-corrected chi connectivity index (χ0v) is 19.2. The number of nitrogens with zero attached hydrogens (tertiary/aromatic N) is 3. The Hall–Kier alpha value is -2.72. The Labute approximate surface area is 187 Å². The molecule has 1 aliphatic carbocycles. The first kappa shape index (κ1) is 22.5. The first-order valence-corrected chi connectivity index (χ1v) is 12.4. The lowest BCUT2D eigenvalue weighted by atomic mass is 9.97. The Balaban J connectivity index is 1.53. The zero-order chi connectivity index (χ0) is 22.7. The number of nitrogens with one attached hydrogen (secondary N) is 1. The molecule has 2 aromatic rings. The van der Waals surface area contributed by atoms with Gasteiger partial charge in [-0.1, -0.05) is 23.7 Å². The molecule has 1 aliphatic heterocycles. The van der Waals surface area contributed by atoms with Crippen molar-refractivity contribution in [1.29, 1.82) is 0 Å². The summed E-state index contributed by atoms with van der Waals surface area (Å²) in [6.07, 6.45) is 8.01. The standard InChI is InChI=1S/C22H28N4O5S/c1-3-21-24-20(25-31-21)13-26-17-11-15(2)19(12-18(17)30-14-22(26)27)32(28,29)23-10-9-16-7-5-4-6-8-16/h7,11-12,23H,3-6,8-10,13-14H2,1-2H3. The van der Waals surface area contributed by atoms with E-state index in [0.717, 1.165) is 12.8 Å². The number of hydrogen-bond acceptors (Lipinski definition) is 7. The lowest BCUT2D eigenvalue weighted by Crippen LogP contribution is -2.39. The highest BCUT2D eigenvalue weighted by Gasteiger charge is 2.30. The summed E-state index contributed by atoms with van der Waals surface area (Å²) in [5, 5.41) is 3.91. The van der Waals surface area contributed by atoms with Gasteiger partial charge in [-0.25, -0.2) is 13.1 Å². The van der Waals surface area contributed by atoms with Crippen LogP contribution in [0.5, 0.6) is 5.75 Å². The highest BCUT2D eigenvalue weighted by atomic mass is 32.2. The fraction of sp³-hybridized carbons (Fsp3) is 0.500. The largest absolute Gasteiger partial charge is 0.482 e. The van der Waals surface area contributed by atoms with Crippen molar-refractivity contribution in [3.8, 4) is 5.75 Å². The number of carbonyl (C=O) groups is 1. The fourth-order valence-electron chi connectivity index (χ4n) is 3.99. The molecule has 1 amide bonds. The van der Waals surface area contributed by atoms with E-state index < -0.39 is 10.0 Å². The predicted octanol–water partition coefficient (Wildman–Crippen LogP) is 3.03. The average molecular weight is 461 g/mol. The lowest BCUT2D eigenvalue weighted by molar-refractivity contribution is -0.121. The molecule has 1 aromatic carbocycles. The van der Waals surface area contributed by atoms with E-state index in [1.165, 1.54) is 29.4 Å². The van der Waals surface area contributed by atoms with Crippen molar-refractivity contribution in [3.05, 3.63) is 41.1 Å². The molecule has 0 radical (unpaired) electrons. The summed E-state index contributed by atoms with van der Waals surface area (Å²) in [4.78, 5) is 18.4. The summed E-state index contributed by atoms with van der Waals surface area (Å²) in [6, 6.07) is 3.14. The van der Waals surface area contributed by atoms with E-state index in [1.807, 2.05) is 6.92 Å². The molecule has 2 aliphatic rings. The normalized spacial score (nSPS) is 16.5. The number of allylic oxidation sites excluding steroid dienone is 1. The maximum Gasteiger partial charge on any atom is 0.265 e. The number of benzene rings is 1. The third kappa shape index (κ3) is 4.86. The second-order valence-electron chi connectivity index (χ2n) is 8.07. The van der Waals surface area contributed by atoms with E-state index in [9.17, 15) is 13.2 Å². The molecule has 0 spiro atoms. The number of anilines is 1. The Kier molecular flexibility index (Phi) is 6.61.